The molecule has 3 aromatic rings. The minimum Gasteiger partial charge on any atom is -0.379 e. The second-order valence-electron chi connectivity index (χ2n) is 4.73. The van der Waals surface area contributed by atoms with Gasteiger partial charge in [0.2, 0.25) is 0 Å². The first-order chi connectivity index (χ1) is 10.1. The SMILES string of the molecule is Cc1nc(Cl)ccc1NCc1ccc(Cl)c2cccnc12. The van der Waals surface area contributed by atoms with Gasteiger partial charge in [0.25, 0.3) is 0 Å². The van der Waals surface area contributed by atoms with Gasteiger partial charge in [0.05, 0.1) is 16.9 Å². The van der Waals surface area contributed by atoms with E-state index < -0.39 is 0 Å². The molecule has 2 heterocycles. The molecule has 106 valence electrons. The third-order valence-corrected chi connectivity index (χ3v) is 3.86. The van der Waals surface area contributed by atoms with E-state index in [1.165, 1.54) is 0 Å². The first-order valence-corrected chi connectivity index (χ1v) is 7.30. The Hall–Kier alpha value is -1.84. The maximum absolute atomic E-state index is 6.20. The fourth-order valence-corrected chi connectivity index (χ4v) is 2.65. The number of pyridine rings is 2. The fraction of sp³-hybridized carbons (Fsp3) is 0.125. The number of nitrogens with one attached hydrogen (secondary N) is 1. The summed E-state index contributed by atoms with van der Waals surface area (Å²) in [6, 6.07) is 11.5. The predicted octanol–water partition coefficient (Wildman–Crippen LogP) is 4.86. The zero-order valence-corrected chi connectivity index (χ0v) is 12.9. The van der Waals surface area contributed by atoms with Gasteiger partial charge >= 0.3 is 0 Å². The van der Waals surface area contributed by atoms with Gasteiger partial charge < -0.3 is 5.32 Å². The third kappa shape index (κ3) is 2.94. The lowest BCUT2D eigenvalue weighted by Gasteiger charge is -2.11. The summed E-state index contributed by atoms with van der Waals surface area (Å²) < 4.78 is 0. The van der Waals surface area contributed by atoms with Crippen LogP contribution in [0.3, 0.4) is 0 Å². The minimum absolute atomic E-state index is 0.497. The number of hydrogen-bond acceptors (Lipinski definition) is 3. The first-order valence-electron chi connectivity index (χ1n) is 6.54. The van der Waals surface area contributed by atoms with Crippen LogP contribution in [0.1, 0.15) is 11.3 Å². The summed E-state index contributed by atoms with van der Waals surface area (Å²) in [5.41, 5.74) is 3.83. The van der Waals surface area contributed by atoms with Gasteiger partial charge in [-0.3, -0.25) is 4.98 Å². The molecule has 0 spiro atoms. The summed E-state index contributed by atoms with van der Waals surface area (Å²) in [5, 5.41) is 5.54. The Morgan fingerprint density at radius 1 is 1.10 bits per heavy atom. The Balaban J connectivity index is 1.90. The average molecular weight is 318 g/mol. The van der Waals surface area contributed by atoms with Gasteiger partial charge in [-0.15, -0.1) is 0 Å². The van der Waals surface area contributed by atoms with E-state index >= 15 is 0 Å². The molecular formula is C16H13Cl2N3. The van der Waals surface area contributed by atoms with E-state index in [4.69, 9.17) is 23.2 Å². The van der Waals surface area contributed by atoms with Gasteiger partial charge in [-0.1, -0.05) is 29.3 Å². The summed E-state index contributed by atoms with van der Waals surface area (Å²) >= 11 is 12.1. The Labute approximate surface area is 132 Å². The number of anilines is 1. The monoisotopic (exact) mass is 317 g/mol. The van der Waals surface area contributed by atoms with Crippen LogP contribution in [0.2, 0.25) is 10.2 Å². The number of benzene rings is 1. The van der Waals surface area contributed by atoms with Crippen molar-refractivity contribution in [3.8, 4) is 0 Å². The highest BCUT2D eigenvalue weighted by atomic mass is 35.5. The highest BCUT2D eigenvalue weighted by Gasteiger charge is 2.06. The number of rotatable bonds is 3. The van der Waals surface area contributed by atoms with E-state index in [1.54, 1.807) is 12.3 Å². The molecule has 1 aromatic carbocycles. The summed E-state index contributed by atoms with van der Waals surface area (Å²) in [5.74, 6) is 0. The van der Waals surface area contributed by atoms with Crippen LogP contribution in [-0.2, 0) is 6.54 Å². The standard InChI is InChI=1S/C16H13Cl2N3/c1-10-14(6-7-15(18)21-10)20-9-11-4-5-13(17)12-3-2-8-19-16(11)12/h2-8,20H,9H2,1H3. The largest absolute Gasteiger partial charge is 0.379 e. The van der Waals surface area contributed by atoms with Crippen molar-refractivity contribution in [3.63, 3.8) is 0 Å². The summed E-state index contributed by atoms with van der Waals surface area (Å²) in [6.45, 7) is 2.57. The number of aromatic nitrogens is 2. The normalized spacial score (nSPS) is 10.8. The van der Waals surface area contributed by atoms with Crippen LogP contribution in [-0.4, -0.2) is 9.97 Å². The Kier molecular flexibility index (Phi) is 3.95. The van der Waals surface area contributed by atoms with E-state index in [-0.39, 0.29) is 0 Å². The molecule has 2 aromatic heterocycles. The highest BCUT2D eigenvalue weighted by molar-refractivity contribution is 6.35. The number of nitrogens with zero attached hydrogens (tertiary/aromatic N) is 2. The molecule has 3 rings (SSSR count). The molecule has 0 atom stereocenters. The quantitative estimate of drug-likeness (QED) is 0.701. The van der Waals surface area contributed by atoms with Crippen molar-refractivity contribution in [2.45, 2.75) is 13.5 Å². The average Bonchev–Trinajstić information content (AvgIpc) is 2.48. The van der Waals surface area contributed by atoms with Crippen LogP contribution in [0, 0.1) is 6.92 Å². The lowest BCUT2D eigenvalue weighted by molar-refractivity contribution is 1.11. The van der Waals surface area contributed by atoms with Crippen LogP contribution in [0.5, 0.6) is 0 Å². The van der Waals surface area contributed by atoms with Crippen molar-refractivity contribution < 1.29 is 0 Å². The first kappa shape index (κ1) is 14.1. The number of aryl methyl sites for hydroxylation is 1. The molecule has 0 fully saturated rings. The van der Waals surface area contributed by atoms with Gasteiger partial charge in [0, 0.05) is 23.2 Å². The molecule has 5 heteroatoms. The van der Waals surface area contributed by atoms with Gasteiger partial charge in [0.1, 0.15) is 5.15 Å². The zero-order valence-electron chi connectivity index (χ0n) is 11.4. The van der Waals surface area contributed by atoms with E-state index in [0.29, 0.717) is 16.7 Å². The smallest absolute Gasteiger partial charge is 0.129 e. The molecule has 0 radical (unpaired) electrons. The second-order valence-corrected chi connectivity index (χ2v) is 5.52. The van der Waals surface area contributed by atoms with Crippen LogP contribution in [0.25, 0.3) is 10.9 Å². The zero-order chi connectivity index (χ0) is 14.8. The van der Waals surface area contributed by atoms with Crippen LogP contribution in [0.4, 0.5) is 5.69 Å². The lowest BCUT2D eigenvalue weighted by atomic mass is 10.1. The molecule has 0 saturated carbocycles. The van der Waals surface area contributed by atoms with Crippen molar-refractivity contribution in [2.24, 2.45) is 0 Å². The Bertz CT molecular complexity index is 803. The molecule has 0 aliphatic carbocycles. The molecule has 0 amide bonds. The lowest BCUT2D eigenvalue weighted by Crippen LogP contribution is -2.03. The maximum atomic E-state index is 6.20. The minimum atomic E-state index is 0.497. The molecule has 0 unspecified atom stereocenters. The van der Waals surface area contributed by atoms with Crippen molar-refractivity contribution in [1.82, 2.24) is 9.97 Å². The molecule has 0 aliphatic rings. The van der Waals surface area contributed by atoms with Gasteiger partial charge in [-0.2, -0.15) is 0 Å². The molecule has 0 aliphatic heterocycles. The van der Waals surface area contributed by atoms with Crippen LogP contribution < -0.4 is 5.32 Å². The molecular weight excluding hydrogens is 305 g/mol. The molecule has 0 saturated heterocycles. The molecule has 1 N–H and O–H groups in total. The maximum Gasteiger partial charge on any atom is 0.129 e. The van der Waals surface area contributed by atoms with Crippen molar-refractivity contribution in [2.75, 3.05) is 5.32 Å². The van der Waals surface area contributed by atoms with Gasteiger partial charge in [0.15, 0.2) is 0 Å². The molecule has 0 bridgehead atoms. The Morgan fingerprint density at radius 3 is 2.76 bits per heavy atom. The van der Waals surface area contributed by atoms with Crippen molar-refractivity contribution in [3.05, 3.63) is 64.0 Å². The third-order valence-electron chi connectivity index (χ3n) is 3.32. The highest BCUT2D eigenvalue weighted by Crippen LogP contribution is 2.25. The summed E-state index contributed by atoms with van der Waals surface area (Å²) in [4.78, 5) is 8.66. The van der Waals surface area contributed by atoms with Gasteiger partial charge in [-0.05, 0) is 42.8 Å². The number of fused-ring (bicyclic) bond motifs is 1. The van der Waals surface area contributed by atoms with E-state index in [1.807, 2.05) is 37.3 Å². The van der Waals surface area contributed by atoms with Crippen molar-refractivity contribution in [1.29, 1.82) is 0 Å². The van der Waals surface area contributed by atoms with Crippen LogP contribution in [0.15, 0.2) is 42.6 Å². The summed E-state index contributed by atoms with van der Waals surface area (Å²) in [6.07, 6.45) is 1.78. The van der Waals surface area contributed by atoms with Gasteiger partial charge in [-0.25, -0.2) is 4.98 Å². The number of hydrogen-bond donors (Lipinski definition) is 1. The predicted molar refractivity (Wildman–Crippen MR) is 88.1 cm³/mol. The van der Waals surface area contributed by atoms with Crippen molar-refractivity contribution >= 4 is 39.8 Å². The number of halogens is 2. The Morgan fingerprint density at radius 2 is 1.95 bits per heavy atom. The molecule has 3 nitrogen and oxygen atoms in total. The van der Waals surface area contributed by atoms with Crippen LogP contribution >= 0.6 is 23.2 Å². The topological polar surface area (TPSA) is 37.8 Å². The summed E-state index contributed by atoms with van der Waals surface area (Å²) in [7, 11) is 0. The van der Waals surface area contributed by atoms with E-state index in [0.717, 1.165) is 27.8 Å². The fourth-order valence-electron chi connectivity index (χ4n) is 2.25. The van der Waals surface area contributed by atoms with E-state index in [2.05, 4.69) is 15.3 Å². The second kappa shape index (κ2) is 5.88. The van der Waals surface area contributed by atoms with E-state index in [9.17, 15) is 0 Å². The molecule has 21 heavy (non-hydrogen) atoms.